The minimum atomic E-state index is -0.610. The van der Waals surface area contributed by atoms with E-state index in [9.17, 15) is 5.11 Å². The van der Waals surface area contributed by atoms with E-state index in [-0.39, 0.29) is 13.2 Å². The third-order valence-electron chi connectivity index (χ3n) is 2.33. The predicted molar refractivity (Wildman–Crippen MR) is 69.6 cm³/mol. The van der Waals surface area contributed by atoms with Gasteiger partial charge in [0.05, 0.1) is 18.5 Å². The van der Waals surface area contributed by atoms with E-state index in [1.807, 2.05) is 12.1 Å². The van der Waals surface area contributed by atoms with Gasteiger partial charge in [-0.05, 0) is 25.1 Å². The van der Waals surface area contributed by atoms with Crippen LogP contribution in [0.3, 0.4) is 0 Å². The molecule has 2 N–H and O–H groups in total. The highest BCUT2D eigenvalue weighted by Gasteiger charge is 2.04. The van der Waals surface area contributed by atoms with E-state index in [0.717, 1.165) is 25.2 Å². The summed E-state index contributed by atoms with van der Waals surface area (Å²) in [6.45, 7) is 4.36. The molecule has 0 saturated carbocycles. The van der Waals surface area contributed by atoms with Crippen molar-refractivity contribution in [3.8, 4) is 5.75 Å². The summed E-state index contributed by atoms with van der Waals surface area (Å²) in [6.07, 6.45) is 2.17. The second-order valence-corrected chi connectivity index (χ2v) is 4.08. The lowest BCUT2D eigenvalue weighted by molar-refractivity contribution is 0.0324. The molecule has 1 atom stereocenters. The van der Waals surface area contributed by atoms with Crippen molar-refractivity contribution in [1.29, 1.82) is 0 Å². The quantitative estimate of drug-likeness (QED) is 0.643. The summed E-state index contributed by atoms with van der Waals surface area (Å²) < 4.78 is 10.2. The highest BCUT2D eigenvalue weighted by Crippen LogP contribution is 2.09. The fourth-order valence-corrected chi connectivity index (χ4v) is 1.43. The molecule has 0 spiro atoms. The lowest BCUT2D eigenvalue weighted by atomic mass is 10.3. The molecule has 1 aromatic rings. The molecule has 0 fully saturated rings. The largest absolute Gasteiger partial charge is 0.489 e. The normalized spacial score (nSPS) is 12.4. The maximum Gasteiger partial charge on any atom is 0.137 e. The molecule has 0 bridgehead atoms. The molecule has 0 saturated heterocycles. The summed E-state index contributed by atoms with van der Waals surface area (Å²) in [7, 11) is 1.54. The van der Waals surface area contributed by atoms with Gasteiger partial charge in [-0.2, -0.15) is 0 Å². The number of hydrogen-bond donors (Lipinski definition) is 2. The molecule has 1 rings (SSSR count). The number of rotatable bonds is 9. The molecule has 102 valence electrons. The van der Waals surface area contributed by atoms with Crippen LogP contribution in [-0.4, -0.2) is 43.1 Å². The average Bonchev–Trinajstić information content (AvgIpc) is 2.38. The van der Waals surface area contributed by atoms with E-state index in [1.165, 1.54) is 0 Å². The van der Waals surface area contributed by atoms with Crippen LogP contribution in [-0.2, 0) is 11.3 Å². The number of ether oxygens (including phenoxy) is 2. The standard InChI is InChI=1S/C13H22N2O3/c1-3-6-14-7-11-4-5-13(8-15-11)18-10-12(16)9-17-2/h4-5,8,12,14,16H,3,6-7,9-10H2,1-2H3. The van der Waals surface area contributed by atoms with Gasteiger partial charge in [0, 0.05) is 13.7 Å². The van der Waals surface area contributed by atoms with E-state index in [1.54, 1.807) is 13.3 Å². The Hall–Kier alpha value is -1.17. The zero-order chi connectivity index (χ0) is 13.2. The molecular weight excluding hydrogens is 232 g/mol. The molecule has 1 heterocycles. The summed E-state index contributed by atoms with van der Waals surface area (Å²) in [5.41, 5.74) is 0.980. The first-order valence-corrected chi connectivity index (χ1v) is 6.21. The Morgan fingerprint density at radius 2 is 2.22 bits per heavy atom. The van der Waals surface area contributed by atoms with Gasteiger partial charge < -0.3 is 19.9 Å². The van der Waals surface area contributed by atoms with Gasteiger partial charge in [-0.15, -0.1) is 0 Å². The highest BCUT2D eigenvalue weighted by atomic mass is 16.5. The molecule has 1 unspecified atom stereocenters. The first-order chi connectivity index (χ1) is 8.76. The molecule has 5 heteroatoms. The topological polar surface area (TPSA) is 63.6 Å². The van der Waals surface area contributed by atoms with Gasteiger partial charge >= 0.3 is 0 Å². The van der Waals surface area contributed by atoms with E-state index in [4.69, 9.17) is 9.47 Å². The summed E-state index contributed by atoms with van der Waals surface area (Å²) in [5.74, 6) is 0.657. The number of pyridine rings is 1. The van der Waals surface area contributed by atoms with Crippen molar-refractivity contribution in [2.24, 2.45) is 0 Å². The van der Waals surface area contributed by atoms with Crippen LogP contribution in [0.5, 0.6) is 5.75 Å². The maximum atomic E-state index is 9.43. The Morgan fingerprint density at radius 3 is 2.83 bits per heavy atom. The monoisotopic (exact) mass is 254 g/mol. The first-order valence-electron chi connectivity index (χ1n) is 6.21. The fourth-order valence-electron chi connectivity index (χ4n) is 1.43. The lowest BCUT2D eigenvalue weighted by Gasteiger charge is -2.11. The minimum absolute atomic E-state index is 0.211. The summed E-state index contributed by atoms with van der Waals surface area (Å²) in [4.78, 5) is 4.27. The summed E-state index contributed by atoms with van der Waals surface area (Å²) >= 11 is 0. The van der Waals surface area contributed by atoms with Crippen molar-refractivity contribution in [3.05, 3.63) is 24.0 Å². The van der Waals surface area contributed by atoms with Gasteiger partial charge in [0.2, 0.25) is 0 Å². The molecule has 0 aliphatic rings. The van der Waals surface area contributed by atoms with E-state index < -0.39 is 6.10 Å². The van der Waals surface area contributed by atoms with Crippen LogP contribution in [0.1, 0.15) is 19.0 Å². The van der Waals surface area contributed by atoms with E-state index in [0.29, 0.717) is 5.75 Å². The predicted octanol–water partition coefficient (Wildman–Crippen LogP) is 0.967. The number of aliphatic hydroxyl groups excluding tert-OH is 1. The number of aromatic nitrogens is 1. The van der Waals surface area contributed by atoms with Crippen LogP contribution in [0, 0.1) is 0 Å². The molecule has 1 aromatic heterocycles. The zero-order valence-corrected chi connectivity index (χ0v) is 11.1. The van der Waals surface area contributed by atoms with E-state index >= 15 is 0 Å². The summed E-state index contributed by atoms with van der Waals surface area (Å²) in [6, 6.07) is 3.77. The minimum Gasteiger partial charge on any atom is -0.489 e. The van der Waals surface area contributed by atoms with Gasteiger partial charge in [0.25, 0.3) is 0 Å². The molecule has 0 aliphatic heterocycles. The number of hydrogen-bond acceptors (Lipinski definition) is 5. The van der Waals surface area contributed by atoms with E-state index in [2.05, 4.69) is 17.2 Å². The number of aliphatic hydroxyl groups is 1. The van der Waals surface area contributed by atoms with Crippen LogP contribution in [0.2, 0.25) is 0 Å². The van der Waals surface area contributed by atoms with Crippen molar-refractivity contribution in [2.75, 3.05) is 26.9 Å². The van der Waals surface area contributed by atoms with Crippen molar-refractivity contribution in [1.82, 2.24) is 10.3 Å². The number of nitrogens with one attached hydrogen (secondary N) is 1. The lowest BCUT2D eigenvalue weighted by Crippen LogP contribution is -2.22. The van der Waals surface area contributed by atoms with Crippen molar-refractivity contribution in [3.63, 3.8) is 0 Å². The first kappa shape index (κ1) is 14.9. The SMILES string of the molecule is CCCNCc1ccc(OCC(O)COC)cn1. The van der Waals surface area contributed by atoms with Crippen molar-refractivity contribution in [2.45, 2.75) is 26.0 Å². The van der Waals surface area contributed by atoms with Gasteiger partial charge in [-0.3, -0.25) is 4.98 Å². The molecule has 0 radical (unpaired) electrons. The Kier molecular flexibility index (Phi) is 7.32. The number of nitrogens with zero attached hydrogens (tertiary/aromatic N) is 1. The van der Waals surface area contributed by atoms with Crippen LogP contribution in [0.4, 0.5) is 0 Å². The Bertz CT molecular complexity index is 317. The van der Waals surface area contributed by atoms with Crippen LogP contribution in [0.15, 0.2) is 18.3 Å². The smallest absolute Gasteiger partial charge is 0.137 e. The number of methoxy groups -OCH3 is 1. The van der Waals surface area contributed by atoms with Crippen LogP contribution >= 0.6 is 0 Å². The Labute approximate surface area is 108 Å². The van der Waals surface area contributed by atoms with Gasteiger partial charge in [0.1, 0.15) is 18.5 Å². The third-order valence-corrected chi connectivity index (χ3v) is 2.33. The van der Waals surface area contributed by atoms with Gasteiger partial charge in [0.15, 0.2) is 0 Å². The molecule has 0 aromatic carbocycles. The van der Waals surface area contributed by atoms with Crippen molar-refractivity contribution >= 4 is 0 Å². The van der Waals surface area contributed by atoms with Gasteiger partial charge in [-0.25, -0.2) is 0 Å². The van der Waals surface area contributed by atoms with Gasteiger partial charge in [-0.1, -0.05) is 6.92 Å². The molecule has 18 heavy (non-hydrogen) atoms. The average molecular weight is 254 g/mol. The second kappa shape index (κ2) is 8.85. The molecule has 0 aliphatic carbocycles. The molecule has 0 amide bonds. The fraction of sp³-hybridized carbons (Fsp3) is 0.615. The molecule has 5 nitrogen and oxygen atoms in total. The zero-order valence-electron chi connectivity index (χ0n) is 11.1. The third kappa shape index (κ3) is 5.95. The summed E-state index contributed by atoms with van der Waals surface area (Å²) in [5, 5.41) is 12.7. The second-order valence-electron chi connectivity index (χ2n) is 4.08. The molecular formula is C13H22N2O3. The highest BCUT2D eigenvalue weighted by molar-refractivity contribution is 5.19. The van der Waals surface area contributed by atoms with Crippen LogP contribution in [0.25, 0.3) is 0 Å². The maximum absolute atomic E-state index is 9.43. The van der Waals surface area contributed by atoms with Crippen molar-refractivity contribution < 1.29 is 14.6 Å². The Balaban J connectivity index is 2.31. The van der Waals surface area contributed by atoms with Crippen LogP contribution < -0.4 is 10.1 Å². The Morgan fingerprint density at radius 1 is 1.39 bits per heavy atom.